The van der Waals surface area contributed by atoms with Crippen LogP contribution in [0, 0.1) is 32.1 Å². The van der Waals surface area contributed by atoms with Crippen LogP contribution in [-0.2, 0) is 35.6 Å². The van der Waals surface area contributed by atoms with Crippen molar-refractivity contribution in [2.45, 2.75) is 19.9 Å². The fourth-order valence-corrected chi connectivity index (χ4v) is 1.65. The molecule has 1 saturated carbocycles. The molecule has 28 heavy (non-hydrogen) atoms. The van der Waals surface area contributed by atoms with Crippen LogP contribution >= 0.6 is 19.4 Å². The summed E-state index contributed by atoms with van der Waals surface area (Å²) in [5.41, 5.74) is 0.844. The van der Waals surface area contributed by atoms with E-state index in [0.29, 0.717) is 11.6 Å². The first-order valence-corrected chi connectivity index (χ1v) is 9.68. The van der Waals surface area contributed by atoms with Crippen LogP contribution < -0.4 is 5.32 Å². The third-order valence-corrected chi connectivity index (χ3v) is 2.77. The third kappa shape index (κ3) is 25.3. The van der Waals surface area contributed by atoms with E-state index in [0.717, 1.165) is 5.56 Å². The van der Waals surface area contributed by atoms with E-state index in [1.807, 2.05) is 50.3 Å². The molecule has 1 aromatic rings. The van der Waals surface area contributed by atoms with E-state index >= 15 is 0 Å². The summed E-state index contributed by atoms with van der Waals surface area (Å²) in [5.74, 6) is -0.422. The Kier molecular flexibility index (Phi) is 12.1. The molecular weight excluding hydrogens is 520 g/mol. The van der Waals surface area contributed by atoms with Crippen LogP contribution in [0.25, 0.3) is 0 Å². The molecule has 0 aliphatic heterocycles. The first kappa shape index (κ1) is 29.5. The number of ketones is 1. The summed E-state index contributed by atoms with van der Waals surface area (Å²) in [7, 11) is -10.7. The molecule has 1 fully saturated rings. The molecule has 5 radical (unpaired) electrons. The van der Waals surface area contributed by atoms with Gasteiger partial charge in [0.1, 0.15) is 5.78 Å². The van der Waals surface area contributed by atoms with E-state index in [-0.39, 0.29) is 37.6 Å². The minimum absolute atomic E-state index is 0. The second-order valence-corrected chi connectivity index (χ2v) is 7.49. The van der Waals surface area contributed by atoms with Gasteiger partial charge in [0.15, 0.2) is 0 Å². The number of Topliss-reactive ketones (excluding diaryl/α,β-unsaturated/α-hetero) is 1. The van der Waals surface area contributed by atoms with Gasteiger partial charge in [0, 0.05) is 11.6 Å². The van der Waals surface area contributed by atoms with Gasteiger partial charge in [-0.15, -0.1) is 0 Å². The maximum Gasteiger partial charge on any atom is 2.00 e. The number of rotatable bonds is 4. The smallest absolute Gasteiger partial charge is 0.0312 e. The summed E-state index contributed by atoms with van der Waals surface area (Å²) in [6.07, 6.45) is 9.92. The van der Waals surface area contributed by atoms with Gasteiger partial charge in [-0.25, -0.2) is 0 Å². The molecule has 1 aromatic carbocycles. The standard InChI is InChI=1S/C11H12ClNO2.C5H5.F6P.Ru/c1-8(14)6-11(15)13-7-9-4-2-3-5-10(9)12;1-2-4-5-3-1;1-7(2,3,4,5)6;/h2-5H,6-7H2,1H3,(H,13,15);1-5H;;/q;;-1;+2. The molecule has 1 N–H and O–H groups in total. The molecule has 159 valence electrons. The van der Waals surface area contributed by atoms with Gasteiger partial charge in [-0.2, -0.15) is 0 Å². The number of hydrogen-bond donors (Lipinski definition) is 1. The summed E-state index contributed by atoms with van der Waals surface area (Å²) < 4.78 is 59.2. The number of nitrogens with one attached hydrogen (secondary N) is 1. The van der Waals surface area contributed by atoms with Gasteiger partial charge in [0.2, 0.25) is 5.91 Å². The number of hydrogen-bond acceptors (Lipinski definition) is 2. The van der Waals surface area contributed by atoms with Gasteiger partial charge in [0.25, 0.3) is 0 Å². The quantitative estimate of drug-likeness (QED) is 0.211. The summed E-state index contributed by atoms with van der Waals surface area (Å²) in [6.45, 7) is 1.74. The van der Waals surface area contributed by atoms with Crippen molar-refractivity contribution in [1.82, 2.24) is 5.32 Å². The second-order valence-electron chi connectivity index (χ2n) is 5.17. The molecule has 0 saturated heterocycles. The van der Waals surface area contributed by atoms with Crippen molar-refractivity contribution in [1.29, 1.82) is 0 Å². The minimum Gasteiger partial charge on any atom is -0.0312 e. The Morgan fingerprint density at radius 3 is 1.68 bits per heavy atom. The summed E-state index contributed by atoms with van der Waals surface area (Å²) in [5, 5.41) is 3.24. The molecule has 12 heteroatoms. The SMILES string of the molecule is CC(=O)CC(=O)NCc1ccccc1Cl.F[P-](F)(F)(F)(F)F.[CH]1[CH][CH][CH][CH]1.[Ru+2]. The number of carbonyl (C=O) groups excluding carboxylic acids is 2. The number of halogens is 7. The molecular formula is C16H17ClF6NO2PRu+. The van der Waals surface area contributed by atoms with E-state index in [9.17, 15) is 34.8 Å². The zero-order valence-electron chi connectivity index (χ0n) is 14.4. The first-order chi connectivity index (χ1) is 12.0. The molecule has 0 spiro atoms. The van der Waals surface area contributed by atoms with E-state index in [2.05, 4.69) is 5.32 Å². The van der Waals surface area contributed by atoms with Crippen molar-refractivity contribution < 1.29 is 54.2 Å². The van der Waals surface area contributed by atoms with E-state index in [4.69, 9.17) is 11.6 Å². The van der Waals surface area contributed by atoms with Crippen molar-refractivity contribution in [3.05, 3.63) is 67.0 Å². The minimum atomic E-state index is -10.7. The van der Waals surface area contributed by atoms with Crippen LogP contribution in [0.1, 0.15) is 18.9 Å². The van der Waals surface area contributed by atoms with E-state index in [1.165, 1.54) is 6.92 Å². The van der Waals surface area contributed by atoms with Gasteiger partial charge >= 0.3 is 52.5 Å². The Labute approximate surface area is 177 Å². The van der Waals surface area contributed by atoms with Crippen LogP contribution in [0.5, 0.6) is 0 Å². The molecule has 0 heterocycles. The molecule has 3 nitrogen and oxygen atoms in total. The van der Waals surface area contributed by atoms with Gasteiger partial charge in [-0.05, 0) is 50.7 Å². The first-order valence-electron chi connectivity index (χ1n) is 7.27. The molecule has 1 aliphatic rings. The zero-order valence-corrected chi connectivity index (χ0v) is 17.8. The molecule has 0 bridgehead atoms. The van der Waals surface area contributed by atoms with E-state index < -0.39 is 7.81 Å². The number of benzene rings is 1. The second kappa shape index (κ2) is 11.5. The van der Waals surface area contributed by atoms with Crippen LogP contribution in [0.2, 0.25) is 5.02 Å². The normalized spacial score (nSPS) is 15.3. The predicted octanol–water partition coefficient (Wildman–Crippen LogP) is 6.34. The maximum absolute atomic E-state index is 11.2. The molecule has 1 aliphatic carbocycles. The van der Waals surface area contributed by atoms with Crippen molar-refractivity contribution in [3.8, 4) is 0 Å². The van der Waals surface area contributed by atoms with Crippen LogP contribution in [0.15, 0.2) is 24.3 Å². The molecule has 0 unspecified atom stereocenters. The van der Waals surface area contributed by atoms with Crippen molar-refractivity contribution >= 4 is 31.1 Å². The number of carbonyl (C=O) groups is 2. The average Bonchev–Trinajstić information content (AvgIpc) is 3.01. The zero-order chi connectivity index (χ0) is 21.2. The van der Waals surface area contributed by atoms with Crippen molar-refractivity contribution in [3.63, 3.8) is 0 Å². The topological polar surface area (TPSA) is 46.2 Å². The molecule has 0 atom stereocenters. The monoisotopic (exact) mass is 537 g/mol. The molecule has 1 amide bonds. The summed E-state index contributed by atoms with van der Waals surface area (Å²) in [4.78, 5) is 21.8. The fourth-order valence-electron chi connectivity index (χ4n) is 1.44. The average molecular weight is 537 g/mol. The largest absolute Gasteiger partial charge is 2.00 e. The fraction of sp³-hybridized carbons (Fsp3) is 0.188. The third-order valence-electron chi connectivity index (χ3n) is 2.40. The Morgan fingerprint density at radius 2 is 1.32 bits per heavy atom. The Bertz CT molecular complexity index is 620. The van der Waals surface area contributed by atoms with Crippen molar-refractivity contribution in [2.75, 3.05) is 0 Å². The molecule has 0 aromatic heterocycles. The molecule has 2 rings (SSSR count). The van der Waals surface area contributed by atoms with Gasteiger partial charge < -0.3 is 5.32 Å². The summed E-state index contributed by atoms with van der Waals surface area (Å²) in [6, 6.07) is 7.26. The van der Waals surface area contributed by atoms with Crippen LogP contribution in [0.4, 0.5) is 25.2 Å². The van der Waals surface area contributed by atoms with Gasteiger partial charge in [-0.3, -0.25) is 9.59 Å². The summed E-state index contributed by atoms with van der Waals surface area (Å²) >= 11 is 5.90. The van der Waals surface area contributed by atoms with Gasteiger partial charge in [0.05, 0.1) is 6.42 Å². The predicted molar refractivity (Wildman–Crippen MR) is 93.7 cm³/mol. The Morgan fingerprint density at radius 1 is 0.929 bits per heavy atom. The number of amides is 1. The van der Waals surface area contributed by atoms with Crippen LogP contribution in [-0.4, -0.2) is 11.7 Å². The van der Waals surface area contributed by atoms with Crippen LogP contribution in [0.3, 0.4) is 0 Å². The van der Waals surface area contributed by atoms with Crippen molar-refractivity contribution in [2.24, 2.45) is 0 Å². The Hall–Kier alpha value is -0.717. The Balaban J connectivity index is 0. The maximum atomic E-state index is 11.2. The van der Waals surface area contributed by atoms with E-state index in [1.54, 1.807) is 6.07 Å². The van der Waals surface area contributed by atoms with Gasteiger partial charge in [-0.1, -0.05) is 29.8 Å².